The fourth-order valence-corrected chi connectivity index (χ4v) is 3.24. The summed E-state index contributed by atoms with van der Waals surface area (Å²) in [5.41, 5.74) is 1.79. The Morgan fingerprint density at radius 3 is 2.57 bits per heavy atom. The Balaban J connectivity index is 2.03. The topological polar surface area (TPSA) is 54.5 Å². The molecule has 0 spiro atoms. The van der Waals surface area contributed by atoms with Gasteiger partial charge in [-0.2, -0.15) is 0 Å². The molecule has 2 unspecified atom stereocenters. The SMILES string of the molecule is CCC1CN(C(=O)Nc2ncsc2C(C)C)CC(CC)O1. The van der Waals surface area contributed by atoms with Crippen LogP contribution in [0.15, 0.2) is 5.51 Å². The third kappa shape index (κ3) is 3.95. The predicted octanol–water partition coefficient (Wildman–Crippen LogP) is 3.69. The average Bonchev–Trinajstić information content (AvgIpc) is 2.94. The van der Waals surface area contributed by atoms with E-state index in [4.69, 9.17) is 4.74 Å². The summed E-state index contributed by atoms with van der Waals surface area (Å²) in [5, 5.41) is 2.96. The molecule has 1 saturated heterocycles. The van der Waals surface area contributed by atoms with Gasteiger partial charge >= 0.3 is 6.03 Å². The highest BCUT2D eigenvalue weighted by Crippen LogP contribution is 2.27. The van der Waals surface area contributed by atoms with Gasteiger partial charge in [0.15, 0.2) is 0 Å². The molecule has 1 fully saturated rings. The summed E-state index contributed by atoms with van der Waals surface area (Å²) < 4.78 is 5.93. The lowest BCUT2D eigenvalue weighted by atomic mass is 10.1. The smallest absolute Gasteiger partial charge is 0.323 e. The van der Waals surface area contributed by atoms with Gasteiger partial charge in [-0.05, 0) is 18.8 Å². The maximum Gasteiger partial charge on any atom is 0.323 e. The van der Waals surface area contributed by atoms with E-state index in [1.165, 1.54) is 0 Å². The molecule has 0 saturated carbocycles. The highest BCUT2D eigenvalue weighted by atomic mass is 32.1. The second-order valence-corrected chi connectivity index (χ2v) is 6.64. The lowest BCUT2D eigenvalue weighted by molar-refractivity contribution is -0.0729. The number of rotatable bonds is 4. The number of ether oxygens (including phenoxy) is 1. The van der Waals surface area contributed by atoms with Gasteiger partial charge in [0.25, 0.3) is 0 Å². The van der Waals surface area contributed by atoms with E-state index < -0.39 is 0 Å². The molecule has 118 valence electrons. The van der Waals surface area contributed by atoms with Gasteiger partial charge < -0.3 is 9.64 Å². The molecule has 1 aliphatic rings. The highest BCUT2D eigenvalue weighted by molar-refractivity contribution is 7.10. The number of anilines is 1. The number of hydrogen-bond donors (Lipinski definition) is 1. The first-order valence-electron chi connectivity index (χ1n) is 7.69. The molecule has 2 heterocycles. The molecule has 0 aliphatic carbocycles. The van der Waals surface area contributed by atoms with Crippen LogP contribution in [0.3, 0.4) is 0 Å². The van der Waals surface area contributed by atoms with Crippen LogP contribution in [0.4, 0.5) is 10.6 Å². The van der Waals surface area contributed by atoms with Gasteiger partial charge in [-0.15, -0.1) is 11.3 Å². The molecule has 1 N–H and O–H groups in total. The Kier molecular flexibility index (Phi) is 5.58. The van der Waals surface area contributed by atoms with Crippen molar-refractivity contribution < 1.29 is 9.53 Å². The number of nitrogens with zero attached hydrogens (tertiary/aromatic N) is 2. The summed E-state index contributed by atoms with van der Waals surface area (Å²) in [5.74, 6) is 1.07. The van der Waals surface area contributed by atoms with Crippen LogP contribution in [0.5, 0.6) is 0 Å². The van der Waals surface area contributed by atoms with Gasteiger partial charge in [0.05, 0.1) is 22.6 Å². The molecule has 2 rings (SSSR count). The fourth-order valence-electron chi connectivity index (χ4n) is 2.48. The maximum absolute atomic E-state index is 12.5. The summed E-state index contributed by atoms with van der Waals surface area (Å²) in [6.07, 6.45) is 2.12. The van der Waals surface area contributed by atoms with Gasteiger partial charge in [0.1, 0.15) is 5.82 Å². The minimum absolute atomic E-state index is 0.0667. The predicted molar refractivity (Wildman–Crippen MR) is 86.0 cm³/mol. The number of carbonyl (C=O) groups is 1. The van der Waals surface area contributed by atoms with E-state index >= 15 is 0 Å². The molecule has 6 heteroatoms. The maximum atomic E-state index is 12.5. The van der Waals surface area contributed by atoms with Crippen molar-refractivity contribution in [3.05, 3.63) is 10.4 Å². The van der Waals surface area contributed by atoms with Crippen molar-refractivity contribution in [2.75, 3.05) is 18.4 Å². The molecule has 0 radical (unpaired) electrons. The molecule has 0 aromatic carbocycles. The Morgan fingerprint density at radius 2 is 2.05 bits per heavy atom. The van der Waals surface area contributed by atoms with Crippen molar-refractivity contribution in [1.29, 1.82) is 0 Å². The van der Waals surface area contributed by atoms with E-state index in [1.807, 2.05) is 4.90 Å². The van der Waals surface area contributed by atoms with Crippen LogP contribution >= 0.6 is 11.3 Å². The molecule has 1 aromatic rings. The van der Waals surface area contributed by atoms with Crippen LogP contribution in [0, 0.1) is 0 Å². The Hall–Kier alpha value is -1.14. The molecular formula is C15H25N3O2S. The highest BCUT2D eigenvalue weighted by Gasteiger charge is 2.29. The Morgan fingerprint density at radius 1 is 1.43 bits per heavy atom. The van der Waals surface area contributed by atoms with Crippen molar-refractivity contribution in [1.82, 2.24) is 9.88 Å². The van der Waals surface area contributed by atoms with E-state index in [0.717, 1.165) is 17.7 Å². The number of amides is 2. The number of hydrogen-bond acceptors (Lipinski definition) is 4. The summed E-state index contributed by atoms with van der Waals surface area (Å²) in [7, 11) is 0. The number of urea groups is 1. The zero-order valence-electron chi connectivity index (χ0n) is 13.3. The van der Waals surface area contributed by atoms with Crippen LogP contribution in [-0.4, -0.2) is 41.2 Å². The van der Waals surface area contributed by atoms with Crippen LogP contribution in [-0.2, 0) is 4.74 Å². The van der Waals surface area contributed by atoms with Crippen molar-refractivity contribution in [2.24, 2.45) is 0 Å². The van der Waals surface area contributed by atoms with Gasteiger partial charge in [-0.25, -0.2) is 9.78 Å². The standard InChI is InChI=1S/C15H25N3O2S/c1-5-11-7-18(8-12(6-2)20-11)15(19)17-14-13(10(3)4)21-9-16-14/h9-12H,5-8H2,1-4H3,(H,17,19). The molecule has 2 atom stereocenters. The number of carbonyl (C=O) groups excluding carboxylic acids is 1. The summed E-state index contributed by atoms with van der Waals surface area (Å²) in [6, 6.07) is -0.0667. The third-order valence-electron chi connectivity index (χ3n) is 3.78. The summed E-state index contributed by atoms with van der Waals surface area (Å²) in [6.45, 7) is 9.71. The number of morpholine rings is 1. The van der Waals surface area contributed by atoms with Gasteiger partial charge in [0, 0.05) is 13.1 Å². The third-order valence-corrected chi connectivity index (χ3v) is 4.90. The van der Waals surface area contributed by atoms with Crippen LogP contribution in [0.2, 0.25) is 0 Å². The zero-order valence-corrected chi connectivity index (χ0v) is 14.1. The normalized spacial score (nSPS) is 22.6. The van der Waals surface area contributed by atoms with Gasteiger partial charge in [-0.3, -0.25) is 5.32 Å². The molecule has 21 heavy (non-hydrogen) atoms. The lowest BCUT2D eigenvalue weighted by Crippen LogP contribution is -2.51. The minimum atomic E-state index is -0.0667. The van der Waals surface area contributed by atoms with Crippen molar-refractivity contribution >= 4 is 23.2 Å². The van der Waals surface area contributed by atoms with E-state index in [9.17, 15) is 4.79 Å². The fraction of sp³-hybridized carbons (Fsp3) is 0.733. The molecule has 5 nitrogen and oxygen atoms in total. The van der Waals surface area contributed by atoms with Crippen LogP contribution in [0.1, 0.15) is 51.3 Å². The first kappa shape index (κ1) is 16.2. The Bertz CT molecular complexity index is 463. The van der Waals surface area contributed by atoms with E-state index in [0.29, 0.717) is 24.8 Å². The van der Waals surface area contributed by atoms with Crippen molar-refractivity contribution in [2.45, 2.75) is 58.7 Å². The summed E-state index contributed by atoms with van der Waals surface area (Å²) in [4.78, 5) is 19.7. The van der Waals surface area contributed by atoms with Crippen molar-refractivity contribution in [3.63, 3.8) is 0 Å². The molecule has 1 aliphatic heterocycles. The first-order valence-corrected chi connectivity index (χ1v) is 8.57. The van der Waals surface area contributed by atoms with Gasteiger partial charge in [-0.1, -0.05) is 27.7 Å². The summed E-state index contributed by atoms with van der Waals surface area (Å²) >= 11 is 1.59. The lowest BCUT2D eigenvalue weighted by Gasteiger charge is -2.37. The second kappa shape index (κ2) is 7.22. The van der Waals surface area contributed by atoms with Crippen LogP contribution < -0.4 is 5.32 Å². The van der Waals surface area contributed by atoms with Crippen LogP contribution in [0.25, 0.3) is 0 Å². The largest absolute Gasteiger partial charge is 0.371 e. The molecule has 1 aromatic heterocycles. The first-order chi connectivity index (χ1) is 10.0. The van der Waals surface area contributed by atoms with Crippen molar-refractivity contribution in [3.8, 4) is 0 Å². The number of nitrogens with one attached hydrogen (secondary N) is 1. The molecular weight excluding hydrogens is 286 g/mol. The van der Waals surface area contributed by atoms with Gasteiger partial charge in [0.2, 0.25) is 0 Å². The number of aromatic nitrogens is 1. The average molecular weight is 311 g/mol. The van der Waals surface area contributed by atoms with E-state index in [-0.39, 0.29) is 18.2 Å². The number of thiazole rings is 1. The molecule has 2 amide bonds. The quantitative estimate of drug-likeness (QED) is 0.922. The monoisotopic (exact) mass is 311 g/mol. The zero-order chi connectivity index (χ0) is 15.4. The minimum Gasteiger partial charge on any atom is -0.371 e. The second-order valence-electron chi connectivity index (χ2n) is 5.75. The Labute approximate surface area is 130 Å². The molecule has 0 bridgehead atoms. The van der Waals surface area contributed by atoms with E-state index in [2.05, 4.69) is 38.0 Å². The van der Waals surface area contributed by atoms with E-state index in [1.54, 1.807) is 16.8 Å².